The largest absolute Gasteiger partial charge is 0.459 e. The average molecular weight is 222 g/mol. The zero-order chi connectivity index (χ0) is 11.6. The Labute approximate surface area is 93.5 Å². The van der Waals surface area contributed by atoms with E-state index in [-0.39, 0.29) is 6.61 Å². The molecule has 1 aromatic carbocycles. The van der Waals surface area contributed by atoms with Gasteiger partial charge >= 0.3 is 5.97 Å². The SMILES string of the molecule is O=C(OCc1ccccc1)[C@@H](O)C1(O)CC1. The zero-order valence-electron chi connectivity index (χ0n) is 8.80. The molecule has 0 aromatic heterocycles. The molecule has 2 rings (SSSR count). The molecule has 0 amide bonds. The predicted octanol–water partition coefficient (Wildman–Crippen LogP) is 0.616. The molecule has 4 nitrogen and oxygen atoms in total. The minimum Gasteiger partial charge on any atom is -0.459 e. The fourth-order valence-electron chi connectivity index (χ4n) is 1.43. The predicted molar refractivity (Wildman–Crippen MR) is 56.4 cm³/mol. The van der Waals surface area contributed by atoms with E-state index in [2.05, 4.69) is 0 Å². The number of aliphatic hydroxyl groups is 2. The number of hydrogen-bond acceptors (Lipinski definition) is 4. The van der Waals surface area contributed by atoms with Crippen LogP contribution in [0.5, 0.6) is 0 Å². The van der Waals surface area contributed by atoms with E-state index in [9.17, 15) is 15.0 Å². The lowest BCUT2D eigenvalue weighted by Crippen LogP contribution is -2.36. The first kappa shape index (κ1) is 11.1. The maximum absolute atomic E-state index is 11.4. The van der Waals surface area contributed by atoms with Crippen molar-refractivity contribution in [3.63, 3.8) is 0 Å². The second kappa shape index (κ2) is 4.23. The van der Waals surface area contributed by atoms with Gasteiger partial charge in [0, 0.05) is 0 Å². The molecule has 1 saturated carbocycles. The van der Waals surface area contributed by atoms with Crippen molar-refractivity contribution in [3.05, 3.63) is 35.9 Å². The zero-order valence-corrected chi connectivity index (χ0v) is 8.80. The van der Waals surface area contributed by atoms with Crippen LogP contribution in [0.15, 0.2) is 30.3 Å². The van der Waals surface area contributed by atoms with Crippen molar-refractivity contribution < 1.29 is 19.7 Å². The Morgan fingerprint density at radius 3 is 2.56 bits per heavy atom. The molecular formula is C12H14O4. The highest BCUT2D eigenvalue weighted by molar-refractivity contribution is 5.76. The first-order valence-electron chi connectivity index (χ1n) is 5.23. The summed E-state index contributed by atoms with van der Waals surface area (Å²) in [5.41, 5.74) is -0.390. The maximum atomic E-state index is 11.4. The molecule has 0 spiro atoms. The molecule has 1 aliphatic rings. The molecule has 0 bridgehead atoms. The summed E-state index contributed by atoms with van der Waals surface area (Å²) in [7, 11) is 0. The topological polar surface area (TPSA) is 66.8 Å². The number of ether oxygens (including phenoxy) is 1. The Morgan fingerprint density at radius 2 is 2.00 bits per heavy atom. The van der Waals surface area contributed by atoms with Gasteiger partial charge in [-0.15, -0.1) is 0 Å². The van der Waals surface area contributed by atoms with Gasteiger partial charge in [0.2, 0.25) is 0 Å². The van der Waals surface area contributed by atoms with Crippen LogP contribution in [0.25, 0.3) is 0 Å². The third kappa shape index (κ3) is 2.40. The number of aliphatic hydroxyl groups excluding tert-OH is 1. The third-order valence-electron chi connectivity index (χ3n) is 2.72. The smallest absolute Gasteiger partial charge is 0.338 e. The number of carbonyl (C=O) groups excluding carboxylic acids is 1. The van der Waals surface area contributed by atoms with Gasteiger partial charge in [0.05, 0.1) is 0 Å². The van der Waals surface area contributed by atoms with Crippen LogP contribution in [0, 0.1) is 0 Å². The van der Waals surface area contributed by atoms with E-state index in [4.69, 9.17) is 4.74 Å². The normalized spacial score (nSPS) is 18.9. The molecular weight excluding hydrogens is 208 g/mol. The Balaban J connectivity index is 1.84. The fourth-order valence-corrected chi connectivity index (χ4v) is 1.43. The van der Waals surface area contributed by atoms with Crippen LogP contribution in [0.2, 0.25) is 0 Å². The van der Waals surface area contributed by atoms with Crippen molar-refractivity contribution in [2.75, 3.05) is 0 Å². The second-order valence-electron chi connectivity index (χ2n) is 4.10. The number of rotatable bonds is 4. The summed E-state index contributed by atoms with van der Waals surface area (Å²) in [5, 5.41) is 19.0. The van der Waals surface area contributed by atoms with E-state index in [1.165, 1.54) is 0 Å². The van der Waals surface area contributed by atoms with E-state index in [1.54, 1.807) is 0 Å². The summed E-state index contributed by atoms with van der Waals surface area (Å²) in [6.07, 6.45) is -0.514. The van der Waals surface area contributed by atoms with Gasteiger partial charge in [0.15, 0.2) is 6.10 Å². The highest BCUT2D eigenvalue weighted by Crippen LogP contribution is 2.38. The van der Waals surface area contributed by atoms with Crippen LogP contribution < -0.4 is 0 Å². The van der Waals surface area contributed by atoms with Gasteiger partial charge in [-0.25, -0.2) is 4.79 Å². The van der Waals surface area contributed by atoms with Crippen LogP contribution >= 0.6 is 0 Å². The summed E-state index contributed by atoms with van der Waals surface area (Å²) in [6.45, 7) is 0.118. The summed E-state index contributed by atoms with van der Waals surface area (Å²) >= 11 is 0. The van der Waals surface area contributed by atoms with Gasteiger partial charge in [-0.05, 0) is 18.4 Å². The Morgan fingerprint density at radius 1 is 1.38 bits per heavy atom. The van der Waals surface area contributed by atoms with Crippen molar-refractivity contribution in [2.24, 2.45) is 0 Å². The minimum absolute atomic E-state index is 0.118. The van der Waals surface area contributed by atoms with E-state index >= 15 is 0 Å². The number of benzene rings is 1. The average Bonchev–Trinajstić information content (AvgIpc) is 3.06. The van der Waals surface area contributed by atoms with Gasteiger partial charge in [0.1, 0.15) is 12.2 Å². The highest BCUT2D eigenvalue weighted by atomic mass is 16.5. The molecule has 1 aliphatic carbocycles. The van der Waals surface area contributed by atoms with E-state index in [0.29, 0.717) is 12.8 Å². The monoisotopic (exact) mass is 222 g/mol. The van der Waals surface area contributed by atoms with Crippen LogP contribution in [-0.4, -0.2) is 27.9 Å². The molecule has 0 unspecified atom stereocenters. The summed E-state index contributed by atoms with van der Waals surface area (Å²) < 4.78 is 4.91. The van der Waals surface area contributed by atoms with Gasteiger partial charge in [-0.1, -0.05) is 30.3 Å². The quantitative estimate of drug-likeness (QED) is 0.733. The van der Waals surface area contributed by atoms with E-state index in [1.807, 2.05) is 30.3 Å². The Kier molecular flexibility index (Phi) is 2.94. The fraction of sp³-hybridized carbons (Fsp3) is 0.417. The lowest BCUT2D eigenvalue weighted by atomic mass is 10.2. The van der Waals surface area contributed by atoms with E-state index in [0.717, 1.165) is 5.56 Å². The molecule has 1 aromatic rings. The summed E-state index contributed by atoms with van der Waals surface area (Å²) in [5.74, 6) is -0.760. The molecule has 4 heteroatoms. The summed E-state index contributed by atoms with van der Waals surface area (Å²) in [4.78, 5) is 11.4. The second-order valence-corrected chi connectivity index (χ2v) is 4.10. The van der Waals surface area contributed by atoms with Crippen molar-refractivity contribution in [1.29, 1.82) is 0 Å². The van der Waals surface area contributed by atoms with Crippen LogP contribution in [0.4, 0.5) is 0 Å². The molecule has 0 radical (unpaired) electrons. The lowest BCUT2D eigenvalue weighted by molar-refractivity contribution is -0.162. The molecule has 2 N–H and O–H groups in total. The van der Waals surface area contributed by atoms with Crippen molar-refractivity contribution in [3.8, 4) is 0 Å². The molecule has 0 heterocycles. The third-order valence-corrected chi connectivity index (χ3v) is 2.72. The first-order valence-corrected chi connectivity index (χ1v) is 5.23. The Hall–Kier alpha value is -1.39. The van der Waals surface area contributed by atoms with Crippen LogP contribution in [-0.2, 0) is 16.1 Å². The molecule has 1 fully saturated rings. The molecule has 0 saturated heterocycles. The summed E-state index contributed by atoms with van der Waals surface area (Å²) in [6, 6.07) is 9.20. The highest BCUT2D eigenvalue weighted by Gasteiger charge is 2.51. The maximum Gasteiger partial charge on any atom is 0.338 e. The Bertz CT molecular complexity index is 370. The number of hydrogen-bond donors (Lipinski definition) is 2. The first-order chi connectivity index (χ1) is 7.62. The molecule has 1 atom stereocenters. The van der Waals surface area contributed by atoms with Crippen LogP contribution in [0.1, 0.15) is 18.4 Å². The van der Waals surface area contributed by atoms with Gasteiger partial charge < -0.3 is 14.9 Å². The van der Waals surface area contributed by atoms with Crippen LogP contribution in [0.3, 0.4) is 0 Å². The van der Waals surface area contributed by atoms with Gasteiger partial charge in [-0.2, -0.15) is 0 Å². The van der Waals surface area contributed by atoms with Crippen molar-refractivity contribution >= 4 is 5.97 Å². The lowest BCUT2D eigenvalue weighted by Gasteiger charge is -2.15. The molecule has 0 aliphatic heterocycles. The van der Waals surface area contributed by atoms with Gasteiger partial charge in [0.25, 0.3) is 0 Å². The van der Waals surface area contributed by atoms with Crippen molar-refractivity contribution in [2.45, 2.75) is 31.2 Å². The standard InChI is InChI=1S/C12H14O4/c13-10(12(15)6-7-12)11(14)16-8-9-4-2-1-3-5-9/h1-5,10,13,15H,6-8H2/t10-/m1/s1. The molecule has 86 valence electrons. The van der Waals surface area contributed by atoms with Gasteiger partial charge in [-0.3, -0.25) is 0 Å². The molecule has 16 heavy (non-hydrogen) atoms. The number of carbonyl (C=O) groups is 1. The van der Waals surface area contributed by atoms with E-state index < -0.39 is 17.7 Å². The minimum atomic E-state index is -1.42. The number of esters is 1. The van der Waals surface area contributed by atoms with Crippen molar-refractivity contribution in [1.82, 2.24) is 0 Å².